The van der Waals surface area contributed by atoms with Gasteiger partial charge in [-0.2, -0.15) is 0 Å². The number of aliphatic carboxylic acids is 1. The van der Waals surface area contributed by atoms with Gasteiger partial charge in [0.2, 0.25) is 0 Å². The van der Waals surface area contributed by atoms with Crippen LogP contribution in [0.1, 0.15) is 109 Å². The summed E-state index contributed by atoms with van der Waals surface area (Å²) in [4.78, 5) is 21.7. The molecule has 0 bridgehead atoms. The van der Waals surface area contributed by atoms with Gasteiger partial charge in [-0.05, 0) is 44.6 Å². The maximum absolute atomic E-state index is 10.9. The number of benzene rings is 1. The van der Waals surface area contributed by atoms with Crippen molar-refractivity contribution >= 4 is 11.9 Å². The SMILES string of the molecule is CC(=O)OC(C)CCCCCCCCCCCC(CCCC(=O)O)OCc1ccccc1. The lowest BCUT2D eigenvalue weighted by molar-refractivity contribution is -0.145. The molecule has 0 fully saturated rings. The minimum atomic E-state index is -0.731. The molecule has 182 valence electrons. The molecule has 0 radical (unpaired) electrons. The molecule has 5 nitrogen and oxygen atoms in total. The molecule has 2 atom stereocenters. The van der Waals surface area contributed by atoms with Crippen LogP contribution in [0.5, 0.6) is 0 Å². The fourth-order valence-electron chi connectivity index (χ4n) is 3.96. The maximum Gasteiger partial charge on any atom is 0.303 e. The van der Waals surface area contributed by atoms with Crippen LogP contribution >= 0.6 is 0 Å². The Hall–Kier alpha value is -1.88. The van der Waals surface area contributed by atoms with Gasteiger partial charge in [0.25, 0.3) is 0 Å². The summed E-state index contributed by atoms with van der Waals surface area (Å²) < 4.78 is 11.3. The van der Waals surface area contributed by atoms with E-state index in [1.54, 1.807) is 0 Å². The highest BCUT2D eigenvalue weighted by Crippen LogP contribution is 2.18. The lowest BCUT2D eigenvalue weighted by Crippen LogP contribution is -2.14. The van der Waals surface area contributed by atoms with E-state index in [9.17, 15) is 9.59 Å². The molecule has 0 heterocycles. The molecule has 2 unspecified atom stereocenters. The maximum atomic E-state index is 10.9. The van der Waals surface area contributed by atoms with E-state index in [4.69, 9.17) is 14.6 Å². The fraction of sp³-hybridized carbons (Fsp3) is 0.704. The zero-order chi connectivity index (χ0) is 23.4. The van der Waals surface area contributed by atoms with Gasteiger partial charge in [-0.15, -0.1) is 0 Å². The Kier molecular flexibility index (Phi) is 16.4. The van der Waals surface area contributed by atoms with E-state index in [-0.39, 0.29) is 24.6 Å². The summed E-state index contributed by atoms with van der Waals surface area (Å²) in [5.74, 6) is -0.919. The Balaban J connectivity index is 2.06. The van der Waals surface area contributed by atoms with Crippen molar-refractivity contribution in [2.45, 2.75) is 123 Å². The van der Waals surface area contributed by atoms with Gasteiger partial charge in [0.1, 0.15) is 0 Å². The van der Waals surface area contributed by atoms with Crippen molar-refractivity contribution in [3.63, 3.8) is 0 Å². The van der Waals surface area contributed by atoms with Crippen molar-refractivity contribution in [1.82, 2.24) is 0 Å². The molecule has 1 N–H and O–H groups in total. The smallest absolute Gasteiger partial charge is 0.303 e. The van der Waals surface area contributed by atoms with Crippen LogP contribution in [-0.4, -0.2) is 29.3 Å². The highest BCUT2D eigenvalue weighted by molar-refractivity contribution is 5.66. The summed E-state index contributed by atoms with van der Waals surface area (Å²) >= 11 is 0. The molecule has 0 spiro atoms. The summed E-state index contributed by atoms with van der Waals surface area (Å²) in [5, 5.41) is 8.90. The van der Waals surface area contributed by atoms with Gasteiger partial charge in [-0.25, -0.2) is 0 Å². The van der Waals surface area contributed by atoms with E-state index in [2.05, 4.69) is 12.1 Å². The third-order valence-electron chi connectivity index (χ3n) is 5.75. The van der Waals surface area contributed by atoms with Gasteiger partial charge in [0.05, 0.1) is 18.8 Å². The van der Waals surface area contributed by atoms with E-state index in [0.29, 0.717) is 13.0 Å². The molecule has 1 rings (SSSR count). The second-order valence-corrected chi connectivity index (χ2v) is 8.88. The van der Waals surface area contributed by atoms with Crippen molar-refractivity contribution in [3.8, 4) is 0 Å². The van der Waals surface area contributed by atoms with Crippen LogP contribution in [0.25, 0.3) is 0 Å². The highest BCUT2D eigenvalue weighted by atomic mass is 16.5. The van der Waals surface area contributed by atoms with Crippen LogP contribution in [0, 0.1) is 0 Å². The Morgan fingerprint density at radius 3 is 1.91 bits per heavy atom. The Bertz CT molecular complexity index is 601. The molecule has 1 aromatic rings. The number of carboxylic acids is 1. The summed E-state index contributed by atoms with van der Waals surface area (Å²) in [6, 6.07) is 10.2. The topological polar surface area (TPSA) is 72.8 Å². The van der Waals surface area contributed by atoms with Gasteiger partial charge >= 0.3 is 11.9 Å². The molecule has 0 amide bonds. The van der Waals surface area contributed by atoms with Gasteiger partial charge in [0, 0.05) is 13.3 Å². The summed E-state index contributed by atoms with van der Waals surface area (Å²) in [7, 11) is 0. The second kappa shape index (κ2) is 18.7. The molecule has 32 heavy (non-hydrogen) atoms. The predicted molar refractivity (Wildman–Crippen MR) is 129 cm³/mol. The van der Waals surface area contributed by atoms with E-state index < -0.39 is 5.97 Å². The largest absolute Gasteiger partial charge is 0.481 e. The molecule has 0 aliphatic heterocycles. The van der Waals surface area contributed by atoms with E-state index >= 15 is 0 Å². The van der Waals surface area contributed by atoms with E-state index in [0.717, 1.165) is 37.7 Å². The minimum Gasteiger partial charge on any atom is -0.481 e. The average molecular weight is 449 g/mol. The first-order valence-corrected chi connectivity index (χ1v) is 12.5. The number of unbranched alkanes of at least 4 members (excludes halogenated alkanes) is 8. The zero-order valence-corrected chi connectivity index (χ0v) is 20.2. The van der Waals surface area contributed by atoms with Gasteiger partial charge in [0.15, 0.2) is 0 Å². The van der Waals surface area contributed by atoms with Crippen molar-refractivity contribution in [1.29, 1.82) is 0 Å². The number of ether oxygens (including phenoxy) is 2. The Morgan fingerprint density at radius 2 is 1.34 bits per heavy atom. The number of carbonyl (C=O) groups excluding carboxylic acids is 1. The second-order valence-electron chi connectivity index (χ2n) is 8.88. The first kappa shape index (κ1) is 28.2. The monoisotopic (exact) mass is 448 g/mol. The third kappa shape index (κ3) is 16.8. The van der Waals surface area contributed by atoms with Gasteiger partial charge in [-0.3, -0.25) is 9.59 Å². The Morgan fingerprint density at radius 1 is 0.812 bits per heavy atom. The number of carbonyl (C=O) groups is 2. The summed E-state index contributed by atoms with van der Waals surface area (Å²) in [6.45, 7) is 4.02. The number of hydrogen-bond donors (Lipinski definition) is 1. The van der Waals surface area contributed by atoms with Crippen LogP contribution in [0.3, 0.4) is 0 Å². The van der Waals surface area contributed by atoms with Crippen LogP contribution in [0.15, 0.2) is 30.3 Å². The average Bonchev–Trinajstić information content (AvgIpc) is 2.75. The number of esters is 1. The number of carboxylic acid groups (broad SMARTS) is 1. The van der Waals surface area contributed by atoms with Crippen molar-refractivity contribution in [2.24, 2.45) is 0 Å². The van der Waals surface area contributed by atoms with Crippen LogP contribution in [-0.2, 0) is 25.7 Å². The summed E-state index contributed by atoms with van der Waals surface area (Å²) in [5.41, 5.74) is 1.16. The molecule has 0 aliphatic rings. The molecule has 0 aliphatic carbocycles. The first-order chi connectivity index (χ1) is 15.5. The molecule has 1 aromatic carbocycles. The molecule has 5 heteroatoms. The third-order valence-corrected chi connectivity index (χ3v) is 5.75. The predicted octanol–water partition coefficient (Wildman–Crippen LogP) is 7.07. The highest BCUT2D eigenvalue weighted by Gasteiger charge is 2.11. The molecular formula is C27H44O5. The van der Waals surface area contributed by atoms with Crippen LogP contribution in [0.2, 0.25) is 0 Å². The van der Waals surface area contributed by atoms with Crippen molar-refractivity contribution < 1.29 is 24.2 Å². The lowest BCUT2D eigenvalue weighted by atomic mass is 10.0. The van der Waals surface area contributed by atoms with Crippen LogP contribution < -0.4 is 0 Å². The minimum absolute atomic E-state index is 0.0390. The van der Waals surface area contributed by atoms with Crippen LogP contribution in [0.4, 0.5) is 0 Å². The first-order valence-electron chi connectivity index (χ1n) is 12.5. The number of rotatable bonds is 20. The summed E-state index contributed by atoms with van der Waals surface area (Å²) in [6.07, 6.45) is 14.9. The van der Waals surface area contributed by atoms with Gasteiger partial charge in [-0.1, -0.05) is 81.7 Å². The molecular weight excluding hydrogens is 404 g/mol. The normalized spacial score (nSPS) is 12.9. The van der Waals surface area contributed by atoms with Gasteiger partial charge < -0.3 is 14.6 Å². The lowest BCUT2D eigenvalue weighted by Gasteiger charge is -2.18. The molecule has 0 aromatic heterocycles. The fourth-order valence-corrected chi connectivity index (χ4v) is 3.96. The quantitative estimate of drug-likeness (QED) is 0.171. The molecule has 0 saturated carbocycles. The van der Waals surface area contributed by atoms with Crippen molar-refractivity contribution in [3.05, 3.63) is 35.9 Å². The number of hydrogen-bond acceptors (Lipinski definition) is 4. The van der Waals surface area contributed by atoms with Crippen molar-refractivity contribution in [2.75, 3.05) is 0 Å². The standard InChI is InChI=1S/C27H44O5/c1-23(32-24(2)28)16-11-8-6-4-3-5-7-9-14-19-26(20-15-21-27(29)30)31-22-25-17-12-10-13-18-25/h10,12-13,17-18,23,26H,3-9,11,14-16,19-22H2,1-2H3,(H,29,30). The van der Waals surface area contributed by atoms with E-state index in [1.807, 2.05) is 25.1 Å². The zero-order valence-electron chi connectivity index (χ0n) is 20.2. The molecule has 0 saturated heterocycles. The van der Waals surface area contributed by atoms with E-state index in [1.165, 1.54) is 51.9 Å². The Labute approximate surface area is 194 Å².